The molecule has 1 aliphatic rings. The summed E-state index contributed by atoms with van der Waals surface area (Å²) in [5.74, 6) is 0.245. The van der Waals surface area contributed by atoms with Crippen molar-refractivity contribution in [2.75, 3.05) is 46.4 Å². The summed E-state index contributed by atoms with van der Waals surface area (Å²) in [4.78, 5) is 2.23. The fourth-order valence-corrected chi connectivity index (χ4v) is 2.18. The molecular weight excluding hydrogens is 275 g/mol. The van der Waals surface area contributed by atoms with E-state index in [1.807, 2.05) is 0 Å². The smallest absolute Gasteiger partial charge is 0.123 e. The van der Waals surface area contributed by atoms with Crippen molar-refractivity contribution in [1.29, 1.82) is 0 Å². The first kappa shape index (κ1) is 16.2. The lowest BCUT2D eigenvalue weighted by molar-refractivity contribution is -0.0196. The highest BCUT2D eigenvalue weighted by molar-refractivity contribution is 5.22. The number of benzene rings is 1. The molecule has 2 rings (SSSR count). The van der Waals surface area contributed by atoms with Crippen LogP contribution in [-0.2, 0) is 4.74 Å². The molecule has 0 radical (unpaired) electrons. The van der Waals surface area contributed by atoms with E-state index < -0.39 is 6.10 Å². The highest BCUT2D eigenvalue weighted by atomic mass is 19.1. The fourth-order valence-electron chi connectivity index (χ4n) is 2.18. The number of aliphatic hydroxyl groups is 1. The number of rotatable bonds is 7. The minimum absolute atomic E-state index is 0.161. The van der Waals surface area contributed by atoms with Crippen LogP contribution in [0.4, 0.5) is 4.39 Å². The number of nitrogens with zero attached hydrogens (tertiary/aromatic N) is 1. The lowest BCUT2D eigenvalue weighted by atomic mass is 10.2. The summed E-state index contributed by atoms with van der Waals surface area (Å²) in [6.45, 7) is 3.92. The van der Waals surface area contributed by atoms with E-state index in [4.69, 9.17) is 9.47 Å². The van der Waals surface area contributed by atoms with E-state index >= 15 is 0 Å². The predicted octanol–water partition coefficient (Wildman–Crippen LogP) is 0.486. The molecule has 1 aromatic rings. The van der Waals surface area contributed by atoms with E-state index in [0.717, 1.165) is 19.7 Å². The SMILES string of the molecule is CN1CCO[C@H](CNC[C@H](O)COc2ccc(F)cc2)C1. The van der Waals surface area contributed by atoms with E-state index in [1.54, 1.807) is 12.1 Å². The lowest BCUT2D eigenvalue weighted by Crippen LogP contribution is -2.46. The Balaban J connectivity index is 1.59. The van der Waals surface area contributed by atoms with Crippen LogP contribution >= 0.6 is 0 Å². The van der Waals surface area contributed by atoms with Gasteiger partial charge in [-0.25, -0.2) is 4.39 Å². The maximum absolute atomic E-state index is 12.7. The Kier molecular flexibility index (Phi) is 6.38. The number of hydrogen-bond acceptors (Lipinski definition) is 5. The van der Waals surface area contributed by atoms with Gasteiger partial charge < -0.3 is 24.8 Å². The number of hydrogen-bond donors (Lipinski definition) is 2. The molecule has 0 spiro atoms. The van der Waals surface area contributed by atoms with Crippen molar-refractivity contribution in [3.05, 3.63) is 30.1 Å². The van der Waals surface area contributed by atoms with Crippen molar-refractivity contribution in [3.8, 4) is 5.75 Å². The number of nitrogens with one attached hydrogen (secondary N) is 1. The molecule has 2 N–H and O–H groups in total. The van der Waals surface area contributed by atoms with Gasteiger partial charge in [0.15, 0.2) is 0 Å². The first-order valence-corrected chi connectivity index (χ1v) is 7.21. The van der Waals surface area contributed by atoms with Gasteiger partial charge in [-0.05, 0) is 31.3 Å². The predicted molar refractivity (Wildman–Crippen MR) is 78.0 cm³/mol. The van der Waals surface area contributed by atoms with Gasteiger partial charge in [-0.2, -0.15) is 0 Å². The molecule has 0 aromatic heterocycles. The van der Waals surface area contributed by atoms with Gasteiger partial charge in [0.25, 0.3) is 0 Å². The van der Waals surface area contributed by atoms with Crippen molar-refractivity contribution in [2.45, 2.75) is 12.2 Å². The highest BCUT2D eigenvalue weighted by Gasteiger charge is 2.17. The summed E-state index contributed by atoms with van der Waals surface area (Å²) in [5.41, 5.74) is 0. The Morgan fingerprint density at radius 1 is 1.48 bits per heavy atom. The summed E-state index contributed by atoms with van der Waals surface area (Å²) in [6.07, 6.45) is -0.453. The van der Waals surface area contributed by atoms with Crippen LogP contribution in [-0.4, -0.2) is 68.7 Å². The normalized spacial score (nSPS) is 21.2. The summed E-state index contributed by atoms with van der Waals surface area (Å²) in [6, 6.07) is 5.75. The zero-order valence-corrected chi connectivity index (χ0v) is 12.3. The largest absolute Gasteiger partial charge is 0.491 e. The number of likely N-dealkylation sites (N-methyl/N-ethyl adjacent to an activating group) is 1. The summed E-state index contributed by atoms with van der Waals surface area (Å²) in [5, 5.41) is 13.0. The van der Waals surface area contributed by atoms with Crippen LogP contribution in [0.5, 0.6) is 5.75 Å². The Morgan fingerprint density at radius 2 is 2.24 bits per heavy atom. The second-order valence-corrected chi connectivity index (χ2v) is 5.33. The molecule has 0 bridgehead atoms. The standard InChI is InChI=1S/C15H23FN2O3/c1-18-6-7-20-15(10-18)9-17-8-13(19)11-21-14-4-2-12(16)3-5-14/h2-5,13,15,17,19H,6-11H2,1H3/t13-,15+/m0/s1. The van der Waals surface area contributed by atoms with Crippen LogP contribution < -0.4 is 10.1 Å². The molecule has 1 aromatic carbocycles. The molecule has 0 unspecified atom stereocenters. The van der Waals surface area contributed by atoms with Crippen molar-refractivity contribution in [2.24, 2.45) is 0 Å². The molecule has 1 aliphatic heterocycles. The van der Waals surface area contributed by atoms with Crippen LogP contribution in [0, 0.1) is 5.82 Å². The van der Waals surface area contributed by atoms with Gasteiger partial charge in [0.2, 0.25) is 0 Å². The minimum atomic E-state index is -0.614. The molecule has 0 saturated carbocycles. The van der Waals surface area contributed by atoms with E-state index in [9.17, 15) is 9.50 Å². The van der Waals surface area contributed by atoms with Crippen molar-refractivity contribution in [1.82, 2.24) is 10.2 Å². The molecular formula is C15H23FN2O3. The van der Waals surface area contributed by atoms with Crippen LogP contribution in [0.1, 0.15) is 0 Å². The molecule has 21 heavy (non-hydrogen) atoms. The number of halogens is 1. The van der Waals surface area contributed by atoms with Crippen LogP contribution in [0.25, 0.3) is 0 Å². The van der Waals surface area contributed by atoms with Gasteiger partial charge in [-0.1, -0.05) is 0 Å². The van der Waals surface area contributed by atoms with Crippen molar-refractivity contribution < 1.29 is 19.0 Å². The Morgan fingerprint density at radius 3 is 2.95 bits per heavy atom. The second-order valence-electron chi connectivity index (χ2n) is 5.33. The number of ether oxygens (including phenoxy) is 2. The molecule has 5 nitrogen and oxygen atoms in total. The first-order valence-electron chi connectivity index (χ1n) is 7.21. The molecule has 118 valence electrons. The van der Waals surface area contributed by atoms with E-state index in [1.165, 1.54) is 12.1 Å². The fraction of sp³-hybridized carbons (Fsp3) is 0.600. The quantitative estimate of drug-likeness (QED) is 0.767. The van der Waals surface area contributed by atoms with E-state index in [2.05, 4.69) is 17.3 Å². The molecule has 2 atom stereocenters. The highest BCUT2D eigenvalue weighted by Crippen LogP contribution is 2.11. The first-order chi connectivity index (χ1) is 10.1. The van der Waals surface area contributed by atoms with Gasteiger partial charge in [0.1, 0.15) is 24.3 Å². The van der Waals surface area contributed by atoms with Gasteiger partial charge in [0, 0.05) is 26.2 Å². The third kappa shape index (κ3) is 5.97. The van der Waals surface area contributed by atoms with Gasteiger partial charge in [0.05, 0.1) is 12.7 Å². The Labute approximate surface area is 124 Å². The Hall–Kier alpha value is -1.21. The monoisotopic (exact) mass is 298 g/mol. The van der Waals surface area contributed by atoms with Crippen molar-refractivity contribution >= 4 is 0 Å². The number of aliphatic hydroxyl groups excluding tert-OH is 1. The van der Waals surface area contributed by atoms with Crippen LogP contribution in [0.15, 0.2) is 24.3 Å². The number of morpholine rings is 1. The van der Waals surface area contributed by atoms with Gasteiger partial charge >= 0.3 is 0 Å². The van der Waals surface area contributed by atoms with Gasteiger partial charge in [-0.3, -0.25) is 0 Å². The molecule has 0 amide bonds. The second kappa shape index (κ2) is 8.29. The average molecular weight is 298 g/mol. The summed E-state index contributed by atoms with van der Waals surface area (Å²) >= 11 is 0. The van der Waals surface area contributed by atoms with Gasteiger partial charge in [-0.15, -0.1) is 0 Å². The zero-order valence-electron chi connectivity index (χ0n) is 12.3. The maximum Gasteiger partial charge on any atom is 0.123 e. The lowest BCUT2D eigenvalue weighted by Gasteiger charge is -2.30. The minimum Gasteiger partial charge on any atom is -0.491 e. The third-order valence-electron chi connectivity index (χ3n) is 3.35. The van der Waals surface area contributed by atoms with E-state index in [-0.39, 0.29) is 18.5 Å². The molecule has 1 saturated heterocycles. The molecule has 0 aliphatic carbocycles. The molecule has 1 heterocycles. The summed E-state index contributed by atoms with van der Waals surface area (Å²) in [7, 11) is 2.07. The molecule has 1 fully saturated rings. The van der Waals surface area contributed by atoms with E-state index in [0.29, 0.717) is 18.8 Å². The molecule has 6 heteroatoms. The maximum atomic E-state index is 12.7. The van der Waals surface area contributed by atoms with Crippen molar-refractivity contribution in [3.63, 3.8) is 0 Å². The summed E-state index contributed by atoms with van der Waals surface area (Å²) < 4.78 is 23.7. The third-order valence-corrected chi connectivity index (χ3v) is 3.35. The van der Waals surface area contributed by atoms with Crippen LogP contribution in [0.2, 0.25) is 0 Å². The van der Waals surface area contributed by atoms with Crippen LogP contribution in [0.3, 0.4) is 0 Å². The Bertz CT molecular complexity index is 416. The zero-order chi connectivity index (χ0) is 15.1. The average Bonchev–Trinajstić information content (AvgIpc) is 2.47. The topological polar surface area (TPSA) is 54.0 Å².